The zero-order valence-corrected chi connectivity index (χ0v) is 11.9. The summed E-state index contributed by atoms with van der Waals surface area (Å²) >= 11 is 5.81. The van der Waals surface area contributed by atoms with E-state index in [1.165, 1.54) is 13.2 Å². The Morgan fingerprint density at radius 3 is 2.81 bits per heavy atom. The maximum absolute atomic E-state index is 13.5. The first-order chi connectivity index (χ1) is 9.97. The van der Waals surface area contributed by atoms with Crippen LogP contribution in [0.3, 0.4) is 0 Å². The lowest BCUT2D eigenvalue weighted by Crippen LogP contribution is -2.13. The third-order valence-corrected chi connectivity index (χ3v) is 3.07. The van der Waals surface area contributed by atoms with E-state index in [9.17, 15) is 14.5 Å². The molecule has 0 N–H and O–H groups in total. The van der Waals surface area contributed by atoms with Crippen LogP contribution in [0, 0.1) is 16.1 Å². The molecular formula is C11H11ClFN5O3. The van der Waals surface area contributed by atoms with Crippen molar-refractivity contribution in [1.82, 2.24) is 20.0 Å². The minimum Gasteiger partial charge on any atom is -0.480 e. The molecule has 0 aliphatic rings. The number of rotatable bonds is 5. The van der Waals surface area contributed by atoms with Gasteiger partial charge in [0.2, 0.25) is 5.88 Å². The molecule has 2 heterocycles. The van der Waals surface area contributed by atoms with E-state index < -0.39 is 22.6 Å². The van der Waals surface area contributed by atoms with Crippen LogP contribution in [0.2, 0.25) is 5.15 Å². The molecule has 0 saturated heterocycles. The maximum Gasteiger partial charge on any atom is 0.343 e. The van der Waals surface area contributed by atoms with Crippen LogP contribution < -0.4 is 4.74 Å². The van der Waals surface area contributed by atoms with Crippen LogP contribution in [0.5, 0.6) is 5.88 Å². The Kier molecular flexibility index (Phi) is 4.32. The number of nitro groups is 1. The predicted molar refractivity (Wildman–Crippen MR) is 70.9 cm³/mol. The van der Waals surface area contributed by atoms with Crippen LogP contribution in [0.4, 0.5) is 10.1 Å². The van der Waals surface area contributed by atoms with Gasteiger partial charge in [-0.1, -0.05) is 18.5 Å². The van der Waals surface area contributed by atoms with Crippen LogP contribution in [-0.4, -0.2) is 32.0 Å². The highest BCUT2D eigenvalue weighted by Gasteiger charge is 2.25. The van der Waals surface area contributed by atoms with Crippen LogP contribution in [0.15, 0.2) is 12.3 Å². The van der Waals surface area contributed by atoms with Crippen LogP contribution >= 0.6 is 11.6 Å². The first kappa shape index (κ1) is 15.1. The normalized spacial score (nSPS) is 12.2. The van der Waals surface area contributed by atoms with Gasteiger partial charge in [-0.05, 0) is 12.5 Å². The molecule has 0 amide bonds. The standard InChI is InChI=1S/C11H11ClFN5O3/c1-3-7(6-4-9(12)14-15-11(6)21-2)17-5-8(18(19)20)10(13)16-17/h4-5,7H,3H2,1-2H3. The Hall–Kier alpha value is -2.29. The summed E-state index contributed by atoms with van der Waals surface area (Å²) in [6, 6.07) is 0.989. The molecule has 0 aromatic carbocycles. The second kappa shape index (κ2) is 6.00. The van der Waals surface area contributed by atoms with Gasteiger partial charge in [0.1, 0.15) is 6.20 Å². The molecule has 8 nitrogen and oxygen atoms in total. The molecule has 112 valence electrons. The number of nitrogens with zero attached hydrogens (tertiary/aromatic N) is 5. The van der Waals surface area contributed by atoms with E-state index in [2.05, 4.69) is 15.3 Å². The lowest BCUT2D eigenvalue weighted by molar-refractivity contribution is -0.387. The molecule has 0 spiro atoms. The van der Waals surface area contributed by atoms with E-state index in [0.717, 1.165) is 10.9 Å². The van der Waals surface area contributed by atoms with Crippen LogP contribution in [0.1, 0.15) is 24.9 Å². The summed E-state index contributed by atoms with van der Waals surface area (Å²) in [7, 11) is 1.40. The Labute approximate surface area is 123 Å². The van der Waals surface area contributed by atoms with Crippen molar-refractivity contribution in [2.24, 2.45) is 0 Å². The highest BCUT2D eigenvalue weighted by molar-refractivity contribution is 6.29. The van der Waals surface area contributed by atoms with Crippen molar-refractivity contribution in [2.45, 2.75) is 19.4 Å². The van der Waals surface area contributed by atoms with Crippen molar-refractivity contribution in [3.63, 3.8) is 0 Å². The van der Waals surface area contributed by atoms with Gasteiger partial charge in [-0.3, -0.25) is 14.8 Å². The average Bonchev–Trinajstić information content (AvgIpc) is 2.82. The average molecular weight is 316 g/mol. The summed E-state index contributed by atoms with van der Waals surface area (Å²) in [6.07, 6.45) is 1.49. The van der Waals surface area contributed by atoms with Gasteiger partial charge in [0.25, 0.3) is 0 Å². The second-order valence-electron chi connectivity index (χ2n) is 4.10. The largest absolute Gasteiger partial charge is 0.480 e. The number of hydrogen-bond acceptors (Lipinski definition) is 6. The van der Waals surface area contributed by atoms with E-state index >= 15 is 0 Å². The van der Waals surface area contributed by atoms with Crippen molar-refractivity contribution in [2.75, 3.05) is 7.11 Å². The zero-order chi connectivity index (χ0) is 15.6. The van der Waals surface area contributed by atoms with Gasteiger partial charge in [0, 0.05) is 5.56 Å². The summed E-state index contributed by atoms with van der Waals surface area (Å²) in [6.45, 7) is 1.81. The third kappa shape index (κ3) is 2.92. The molecule has 0 radical (unpaired) electrons. The van der Waals surface area contributed by atoms with E-state index in [0.29, 0.717) is 12.0 Å². The van der Waals surface area contributed by atoms with Gasteiger partial charge in [-0.2, -0.15) is 4.39 Å². The molecule has 2 aromatic heterocycles. The highest BCUT2D eigenvalue weighted by Crippen LogP contribution is 2.31. The molecule has 0 bridgehead atoms. The van der Waals surface area contributed by atoms with Crippen LogP contribution in [-0.2, 0) is 0 Å². The molecule has 0 aliphatic heterocycles. The maximum atomic E-state index is 13.5. The van der Waals surface area contributed by atoms with Crippen molar-refractivity contribution in [1.29, 1.82) is 0 Å². The molecule has 0 fully saturated rings. The third-order valence-electron chi connectivity index (χ3n) is 2.88. The van der Waals surface area contributed by atoms with Gasteiger partial charge in [-0.25, -0.2) is 0 Å². The molecule has 0 aliphatic carbocycles. The van der Waals surface area contributed by atoms with E-state index in [4.69, 9.17) is 16.3 Å². The fraction of sp³-hybridized carbons (Fsp3) is 0.364. The van der Waals surface area contributed by atoms with Crippen molar-refractivity contribution in [3.05, 3.63) is 39.0 Å². The fourth-order valence-electron chi connectivity index (χ4n) is 1.96. The molecule has 0 saturated carbocycles. The first-order valence-electron chi connectivity index (χ1n) is 5.94. The van der Waals surface area contributed by atoms with Gasteiger partial charge < -0.3 is 4.74 Å². The number of halogens is 2. The quantitative estimate of drug-likeness (QED) is 0.621. The van der Waals surface area contributed by atoms with Crippen molar-refractivity contribution in [3.8, 4) is 5.88 Å². The highest BCUT2D eigenvalue weighted by atomic mass is 35.5. The molecule has 1 unspecified atom stereocenters. The Balaban J connectivity index is 2.52. The van der Waals surface area contributed by atoms with Crippen molar-refractivity contribution >= 4 is 17.3 Å². The van der Waals surface area contributed by atoms with E-state index in [1.807, 2.05) is 6.92 Å². The minimum absolute atomic E-state index is 0.131. The van der Waals surface area contributed by atoms with E-state index in [-0.39, 0.29) is 11.0 Å². The zero-order valence-electron chi connectivity index (χ0n) is 11.2. The first-order valence-corrected chi connectivity index (χ1v) is 6.31. The lowest BCUT2D eigenvalue weighted by atomic mass is 10.1. The molecule has 1 atom stereocenters. The molecule has 10 heteroatoms. The summed E-state index contributed by atoms with van der Waals surface area (Å²) < 4.78 is 19.7. The molecular weight excluding hydrogens is 305 g/mol. The number of ether oxygens (including phenoxy) is 1. The number of hydrogen-bond donors (Lipinski definition) is 0. The molecule has 2 rings (SSSR count). The topological polar surface area (TPSA) is 96.0 Å². The van der Waals surface area contributed by atoms with Crippen molar-refractivity contribution < 1.29 is 14.1 Å². The predicted octanol–water partition coefficient (Wildman–Crippen LogP) is 2.38. The fourth-order valence-corrected chi connectivity index (χ4v) is 2.11. The SMILES string of the molecule is CCC(c1cc(Cl)nnc1OC)n1cc([N+](=O)[O-])c(F)n1. The summed E-state index contributed by atoms with van der Waals surface area (Å²) in [4.78, 5) is 9.87. The molecule has 2 aromatic rings. The Morgan fingerprint density at radius 2 is 2.29 bits per heavy atom. The second-order valence-corrected chi connectivity index (χ2v) is 4.49. The smallest absolute Gasteiger partial charge is 0.343 e. The summed E-state index contributed by atoms with van der Waals surface area (Å²) in [5.74, 6) is -0.949. The van der Waals surface area contributed by atoms with Gasteiger partial charge in [0.05, 0.1) is 18.1 Å². The van der Waals surface area contributed by atoms with Crippen LogP contribution in [0.25, 0.3) is 0 Å². The van der Waals surface area contributed by atoms with Gasteiger partial charge in [-0.15, -0.1) is 15.3 Å². The van der Waals surface area contributed by atoms with Gasteiger partial charge >= 0.3 is 11.6 Å². The van der Waals surface area contributed by atoms with Gasteiger partial charge in [0.15, 0.2) is 5.15 Å². The van der Waals surface area contributed by atoms with E-state index in [1.54, 1.807) is 0 Å². The monoisotopic (exact) mass is 315 g/mol. The Bertz CT molecular complexity index is 678. The lowest BCUT2D eigenvalue weighted by Gasteiger charge is -2.17. The minimum atomic E-state index is -1.15. The summed E-state index contributed by atoms with van der Waals surface area (Å²) in [5, 5.41) is 21.8. The summed E-state index contributed by atoms with van der Waals surface area (Å²) in [5.41, 5.74) is -0.182. The number of methoxy groups -OCH3 is 1. The molecule has 21 heavy (non-hydrogen) atoms. The number of aromatic nitrogens is 4. The Morgan fingerprint density at radius 1 is 1.57 bits per heavy atom.